The Labute approximate surface area is 185 Å². The van der Waals surface area contributed by atoms with Gasteiger partial charge in [0.1, 0.15) is 11.6 Å². The number of nitrogens with one attached hydrogen (secondary N) is 1. The minimum absolute atomic E-state index is 0.187. The summed E-state index contributed by atoms with van der Waals surface area (Å²) in [6.45, 7) is 4.35. The van der Waals surface area contributed by atoms with Gasteiger partial charge in [0, 0.05) is 26.8 Å². The molecule has 3 aromatic rings. The average molecular weight is 444 g/mol. The number of halogens is 2. The third kappa shape index (κ3) is 6.00. The largest absolute Gasteiger partial charge is 0.494 e. The van der Waals surface area contributed by atoms with E-state index < -0.39 is 0 Å². The lowest BCUT2D eigenvalue weighted by atomic mass is 10.1. The molecule has 3 nitrogen and oxygen atoms in total. The number of ether oxygens (including phenoxy) is 1. The molecule has 0 aromatic heterocycles. The summed E-state index contributed by atoms with van der Waals surface area (Å²) in [5.74, 6) is 0.937. The maximum atomic E-state index is 13.1. The van der Waals surface area contributed by atoms with E-state index in [1.807, 2.05) is 50.2 Å². The molecule has 0 aliphatic heterocycles. The Balaban J connectivity index is 1.73. The van der Waals surface area contributed by atoms with E-state index in [4.69, 9.17) is 16.3 Å². The van der Waals surface area contributed by atoms with Crippen molar-refractivity contribution in [3.05, 3.63) is 94.3 Å². The van der Waals surface area contributed by atoms with Crippen LogP contribution in [-0.4, -0.2) is 12.5 Å². The smallest absolute Gasteiger partial charge is 0.251 e. The van der Waals surface area contributed by atoms with Crippen LogP contribution in [0.2, 0.25) is 5.02 Å². The second-order valence-electron chi connectivity index (χ2n) is 6.74. The lowest BCUT2D eigenvalue weighted by Crippen LogP contribution is -2.26. The Bertz CT molecular complexity index is 993. The van der Waals surface area contributed by atoms with E-state index in [-0.39, 0.29) is 17.8 Å². The third-order valence-corrected chi connectivity index (χ3v) is 5.86. The van der Waals surface area contributed by atoms with Crippen LogP contribution >= 0.6 is 23.4 Å². The van der Waals surface area contributed by atoms with Gasteiger partial charge in [-0.3, -0.25) is 4.79 Å². The monoisotopic (exact) mass is 443 g/mol. The van der Waals surface area contributed by atoms with Crippen molar-refractivity contribution in [1.82, 2.24) is 5.32 Å². The van der Waals surface area contributed by atoms with E-state index in [1.165, 1.54) is 12.1 Å². The second-order valence-corrected chi connectivity index (χ2v) is 8.23. The lowest BCUT2D eigenvalue weighted by Gasteiger charge is -2.16. The van der Waals surface area contributed by atoms with Crippen molar-refractivity contribution in [3.63, 3.8) is 0 Å². The second kappa shape index (κ2) is 10.5. The van der Waals surface area contributed by atoms with E-state index in [9.17, 15) is 9.18 Å². The molecule has 1 amide bonds. The van der Waals surface area contributed by atoms with Crippen molar-refractivity contribution in [2.24, 2.45) is 0 Å². The highest BCUT2D eigenvalue weighted by Crippen LogP contribution is 2.30. The molecule has 0 bridgehead atoms. The van der Waals surface area contributed by atoms with Crippen LogP contribution in [0.4, 0.5) is 4.39 Å². The van der Waals surface area contributed by atoms with E-state index in [0.29, 0.717) is 22.9 Å². The molecular weight excluding hydrogens is 421 g/mol. The fraction of sp³-hybridized carbons (Fsp3) is 0.208. The molecule has 0 fully saturated rings. The zero-order valence-corrected chi connectivity index (χ0v) is 18.4. The molecule has 3 aromatic carbocycles. The van der Waals surface area contributed by atoms with Gasteiger partial charge in [0.15, 0.2) is 0 Å². The van der Waals surface area contributed by atoms with Gasteiger partial charge in [-0.05, 0) is 74.0 Å². The van der Waals surface area contributed by atoms with Crippen molar-refractivity contribution >= 4 is 29.3 Å². The molecule has 1 unspecified atom stereocenters. The Hall–Kier alpha value is -2.50. The SMILES string of the molecule is CCOc1ccc(C(=O)NC(C)c2ccc(F)cc2)cc1CSc1ccc(Cl)cc1. The molecule has 0 heterocycles. The zero-order chi connectivity index (χ0) is 21.5. The fourth-order valence-electron chi connectivity index (χ4n) is 2.94. The maximum Gasteiger partial charge on any atom is 0.251 e. The fourth-order valence-corrected chi connectivity index (χ4v) is 3.94. The summed E-state index contributed by atoms with van der Waals surface area (Å²) in [4.78, 5) is 13.9. The number of carbonyl (C=O) groups is 1. The molecule has 1 atom stereocenters. The van der Waals surface area contributed by atoms with Crippen molar-refractivity contribution in [2.45, 2.75) is 30.5 Å². The number of amides is 1. The summed E-state index contributed by atoms with van der Waals surface area (Å²) in [6, 6.07) is 19.0. The summed E-state index contributed by atoms with van der Waals surface area (Å²) in [5, 5.41) is 3.66. The normalized spacial score (nSPS) is 11.7. The predicted molar refractivity (Wildman–Crippen MR) is 121 cm³/mol. The first kappa shape index (κ1) is 22.2. The number of hydrogen-bond donors (Lipinski definition) is 1. The predicted octanol–water partition coefficient (Wildman–Crippen LogP) is 6.66. The highest BCUT2D eigenvalue weighted by Gasteiger charge is 2.14. The summed E-state index contributed by atoms with van der Waals surface area (Å²) in [5.41, 5.74) is 2.34. The molecule has 0 radical (unpaired) electrons. The Morgan fingerprint density at radius 2 is 1.80 bits per heavy atom. The minimum Gasteiger partial charge on any atom is -0.494 e. The van der Waals surface area contributed by atoms with Crippen LogP contribution in [0, 0.1) is 5.82 Å². The third-order valence-electron chi connectivity index (χ3n) is 4.55. The van der Waals surface area contributed by atoms with Gasteiger partial charge in [-0.25, -0.2) is 4.39 Å². The molecule has 156 valence electrons. The molecule has 0 saturated carbocycles. The number of rotatable bonds is 8. The van der Waals surface area contributed by atoms with Crippen LogP contribution in [0.3, 0.4) is 0 Å². The molecule has 0 saturated heterocycles. The van der Waals surface area contributed by atoms with Crippen molar-refractivity contribution < 1.29 is 13.9 Å². The topological polar surface area (TPSA) is 38.3 Å². The molecule has 30 heavy (non-hydrogen) atoms. The molecule has 3 rings (SSSR count). The van der Waals surface area contributed by atoms with Crippen LogP contribution in [0.25, 0.3) is 0 Å². The molecule has 0 spiro atoms. The van der Waals surface area contributed by atoms with Gasteiger partial charge in [0.2, 0.25) is 0 Å². The quantitative estimate of drug-likeness (QED) is 0.395. The molecule has 6 heteroatoms. The summed E-state index contributed by atoms with van der Waals surface area (Å²) < 4.78 is 18.9. The van der Waals surface area contributed by atoms with Gasteiger partial charge >= 0.3 is 0 Å². The van der Waals surface area contributed by atoms with Crippen LogP contribution < -0.4 is 10.1 Å². The zero-order valence-electron chi connectivity index (χ0n) is 16.8. The van der Waals surface area contributed by atoms with Crippen LogP contribution in [0.15, 0.2) is 71.6 Å². The number of thioether (sulfide) groups is 1. The molecular formula is C24H23ClFNO2S. The van der Waals surface area contributed by atoms with Gasteiger partial charge in [0.05, 0.1) is 12.6 Å². The van der Waals surface area contributed by atoms with Crippen molar-refractivity contribution in [2.75, 3.05) is 6.61 Å². The first-order chi connectivity index (χ1) is 14.5. The van der Waals surface area contributed by atoms with Crippen LogP contribution in [-0.2, 0) is 5.75 Å². The number of hydrogen-bond acceptors (Lipinski definition) is 3. The number of carbonyl (C=O) groups excluding carboxylic acids is 1. The van der Waals surface area contributed by atoms with Gasteiger partial charge in [-0.2, -0.15) is 0 Å². The molecule has 1 N–H and O–H groups in total. The van der Waals surface area contributed by atoms with Crippen LogP contribution in [0.5, 0.6) is 5.75 Å². The minimum atomic E-state index is -0.299. The Kier molecular flexibility index (Phi) is 7.77. The summed E-state index contributed by atoms with van der Waals surface area (Å²) >= 11 is 7.60. The van der Waals surface area contributed by atoms with E-state index >= 15 is 0 Å². The maximum absolute atomic E-state index is 13.1. The Morgan fingerprint density at radius 3 is 2.47 bits per heavy atom. The first-order valence-electron chi connectivity index (χ1n) is 9.66. The van der Waals surface area contributed by atoms with Gasteiger partial charge in [0.25, 0.3) is 5.91 Å². The van der Waals surface area contributed by atoms with E-state index in [1.54, 1.807) is 30.0 Å². The first-order valence-corrected chi connectivity index (χ1v) is 11.0. The van der Waals surface area contributed by atoms with E-state index in [2.05, 4.69) is 5.32 Å². The lowest BCUT2D eigenvalue weighted by molar-refractivity contribution is 0.0939. The highest BCUT2D eigenvalue weighted by molar-refractivity contribution is 7.98. The number of benzene rings is 3. The van der Waals surface area contributed by atoms with Gasteiger partial charge in [-0.1, -0.05) is 23.7 Å². The standard InChI is InChI=1S/C24H23ClFNO2S/c1-3-29-23-13-6-18(14-19(23)15-30-22-11-7-20(25)8-12-22)24(28)27-16(2)17-4-9-21(26)10-5-17/h4-14,16H,3,15H2,1-2H3,(H,27,28). The molecule has 0 aliphatic rings. The van der Waals surface area contributed by atoms with E-state index in [0.717, 1.165) is 21.8 Å². The Morgan fingerprint density at radius 1 is 1.10 bits per heavy atom. The van der Waals surface area contributed by atoms with Gasteiger partial charge in [-0.15, -0.1) is 11.8 Å². The summed E-state index contributed by atoms with van der Waals surface area (Å²) in [7, 11) is 0. The highest BCUT2D eigenvalue weighted by atomic mass is 35.5. The molecule has 0 aliphatic carbocycles. The van der Waals surface area contributed by atoms with Crippen molar-refractivity contribution in [1.29, 1.82) is 0 Å². The average Bonchev–Trinajstić information content (AvgIpc) is 2.74. The summed E-state index contributed by atoms with van der Waals surface area (Å²) in [6.07, 6.45) is 0. The van der Waals surface area contributed by atoms with Gasteiger partial charge < -0.3 is 10.1 Å². The van der Waals surface area contributed by atoms with Crippen LogP contribution in [0.1, 0.15) is 41.4 Å². The van der Waals surface area contributed by atoms with Crippen molar-refractivity contribution in [3.8, 4) is 5.75 Å².